The van der Waals surface area contributed by atoms with Gasteiger partial charge in [-0.15, -0.1) is 0 Å². The molecule has 0 heterocycles. The van der Waals surface area contributed by atoms with Crippen molar-refractivity contribution in [2.45, 2.75) is 25.1 Å². The summed E-state index contributed by atoms with van der Waals surface area (Å²) in [5, 5.41) is 0.634. The highest BCUT2D eigenvalue weighted by atomic mass is 32.2. The van der Waals surface area contributed by atoms with Gasteiger partial charge in [-0.25, -0.2) is 0 Å². The molecule has 2 rings (SSSR count). The Hall–Kier alpha value is -1.25. The molecule has 0 radical (unpaired) electrons. The van der Waals surface area contributed by atoms with Gasteiger partial charge in [-0.05, 0) is 21.9 Å². The fourth-order valence-corrected chi connectivity index (χ4v) is 2.73. The van der Waals surface area contributed by atoms with Crippen LogP contribution < -0.4 is 5.73 Å². The molecule has 2 aromatic rings. The number of thioether (sulfide) groups is 1. The largest absolute Gasteiger partial charge is 0.323 e. The number of hydrogen-bond donors (Lipinski definition) is 1. The fraction of sp³-hybridized carbons (Fsp3) is 0.294. The molecule has 2 N–H and O–H groups in total. The predicted octanol–water partition coefficient (Wildman–Crippen LogP) is 4.50. The van der Waals surface area contributed by atoms with Crippen LogP contribution in [-0.4, -0.2) is 11.0 Å². The number of benzene rings is 2. The maximum atomic E-state index is 6.21. The molecule has 0 saturated carbocycles. The summed E-state index contributed by atoms with van der Waals surface area (Å²) in [7, 11) is 0. The van der Waals surface area contributed by atoms with Gasteiger partial charge in [0.1, 0.15) is 0 Å². The second kappa shape index (κ2) is 6.78. The van der Waals surface area contributed by atoms with E-state index in [1.54, 1.807) is 0 Å². The molecule has 0 aliphatic carbocycles. The van der Waals surface area contributed by atoms with Crippen molar-refractivity contribution in [2.75, 3.05) is 5.75 Å². The summed E-state index contributed by atoms with van der Waals surface area (Å²) < 4.78 is 0. The van der Waals surface area contributed by atoms with Crippen molar-refractivity contribution in [2.24, 2.45) is 5.73 Å². The minimum absolute atomic E-state index is 0.122. The molecule has 0 aliphatic rings. The molecule has 2 heteroatoms. The fourth-order valence-electron chi connectivity index (χ4n) is 1.95. The van der Waals surface area contributed by atoms with Gasteiger partial charge in [0, 0.05) is 11.8 Å². The number of nitrogens with two attached hydrogens (primary N) is 1. The summed E-state index contributed by atoms with van der Waals surface area (Å²) in [4.78, 5) is 0. The Morgan fingerprint density at radius 1 is 0.895 bits per heavy atom. The highest BCUT2D eigenvalue weighted by Crippen LogP contribution is 2.23. The maximum absolute atomic E-state index is 6.21. The molecule has 100 valence electrons. The van der Waals surface area contributed by atoms with E-state index in [1.807, 2.05) is 17.8 Å². The van der Waals surface area contributed by atoms with E-state index < -0.39 is 0 Å². The molecule has 0 fully saturated rings. The van der Waals surface area contributed by atoms with Crippen molar-refractivity contribution >= 4 is 11.8 Å². The quantitative estimate of drug-likeness (QED) is 0.866. The summed E-state index contributed by atoms with van der Waals surface area (Å²) >= 11 is 1.91. The minimum Gasteiger partial charge on any atom is -0.323 e. The first-order valence-electron chi connectivity index (χ1n) is 6.69. The number of hydrogen-bond acceptors (Lipinski definition) is 2. The Kier molecular flexibility index (Phi) is 5.06. The lowest BCUT2D eigenvalue weighted by Crippen LogP contribution is -2.14. The molecule has 1 atom stereocenters. The van der Waals surface area contributed by atoms with E-state index in [1.165, 1.54) is 16.7 Å². The second-order valence-corrected chi connectivity index (χ2v) is 6.59. The Balaban J connectivity index is 2.06. The van der Waals surface area contributed by atoms with Crippen molar-refractivity contribution in [1.82, 2.24) is 0 Å². The highest BCUT2D eigenvalue weighted by Gasteiger charge is 2.07. The van der Waals surface area contributed by atoms with Gasteiger partial charge in [-0.2, -0.15) is 11.8 Å². The van der Waals surface area contributed by atoms with Crippen LogP contribution in [0.15, 0.2) is 54.6 Å². The Labute approximate surface area is 120 Å². The van der Waals surface area contributed by atoms with Gasteiger partial charge in [-0.1, -0.05) is 68.4 Å². The Morgan fingerprint density at radius 3 is 2.05 bits per heavy atom. The molecule has 1 unspecified atom stereocenters. The summed E-state index contributed by atoms with van der Waals surface area (Å²) in [5.74, 6) is 0.975. The second-order valence-electron chi connectivity index (χ2n) is 4.98. The smallest absolute Gasteiger partial charge is 0.0386 e. The lowest BCUT2D eigenvalue weighted by Gasteiger charge is -2.14. The van der Waals surface area contributed by atoms with Crippen molar-refractivity contribution in [3.05, 3.63) is 60.2 Å². The standard InChI is InChI=1S/C17H21NS/c1-13(2)19-12-17(18)16-10-8-15(9-11-16)14-6-4-3-5-7-14/h3-11,13,17H,12,18H2,1-2H3. The van der Waals surface area contributed by atoms with Crippen LogP contribution in [0.3, 0.4) is 0 Å². The Bertz CT molecular complexity index is 490. The molecular weight excluding hydrogens is 250 g/mol. The normalized spacial score (nSPS) is 12.6. The van der Waals surface area contributed by atoms with Crippen LogP contribution in [0, 0.1) is 0 Å². The van der Waals surface area contributed by atoms with Crippen molar-refractivity contribution in [3.63, 3.8) is 0 Å². The van der Waals surface area contributed by atoms with Gasteiger partial charge in [0.25, 0.3) is 0 Å². The SMILES string of the molecule is CC(C)SCC(N)c1ccc(-c2ccccc2)cc1. The summed E-state index contributed by atoms with van der Waals surface area (Å²) in [6, 6.07) is 19.2. The van der Waals surface area contributed by atoms with Crippen LogP contribution in [0.25, 0.3) is 11.1 Å². The zero-order chi connectivity index (χ0) is 13.7. The molecular formula is C17H21NS. The van der Waals surface area contributed by atoms with Gasteiger partial charge >= 0.3 is 0 Å². The van der Waals surface area contributed by atoms with E-state index in [4.69, 9.17) is 5.73 Å². The zero-order valence-corrected chi connectivity index (χ0v) is 12.4. The molecule has 0 aromatic heterocycles. The first-order chi connectivity index (χ1) is 9.16. The van der Waals surface area contributed by atoms with E-state index in [-0.39, 0.29) is 6.04 Å². The third kappa shape index (κ3) is 4.12. The van der Waals surface area contributed by atoms with Gasteiger partial charge in [0.15, 0.2) is 0 Å². The minimum atomic E-state index is 0.122. The Morgan fingerprint density at radius 2 is 1.47 bits per heavy atom. The third-order valence-electron chi connectivity index (χ3n) is 3.06. The molecule has 2 aromatic carbocycles. The average Bonchev–Trinajstić information content (AvgIpc) is 2.46. The summed E-state index contributed by atoms with van der Waals surface area (Å²) in [5.41, 5.74) is 9.92. The zero-order valence-electron chi connectivity index (χ0n) is 11.5. The van der Waals surface area contributed by atoms with Crippen molar-refractivity contribution in [3.8, 4) is 11.1 Å². The first kappa shape index (κ1) is 14.2. The van der Waals surface area contributed by atoms with Gasteiger partial charge in [0.05, 0.1) is 0 Å². The maximum Gasteiger partial charge on any atom is 0.0386 e. The predicted molar refractivity (Wildman–Crippen MR) is 86.4 cm³/mol. The lowest BCUT2D eigenvalue weighted by atomic mass is 10.0. The lowest BCUT2D eigenvalue weighted by molar-refractivity contribution is 0.828. The van der Waals surface area contributed by atoms with E-state index >= 15 is 0 Å². The van der Waals surface area contributed by atoms with Crippen LogP contribution in [0.1, 0.15) is 25.5 Å². The summed E-state index contributed by atoms with van der Waals surface area (Å²) in [6.45, 7) is 4.41. The highest BCUT2D eigenvalue weighted by molar-refractivity contribution is 7.99. The third-order valence-corrected chi connectivity index (χ3v) is 4.27. The first-order valence-corrected chi connectivity index (χ1v) is 7.74. The van der Waals surface area contributed by atoms with Crippen LogP contribution in [-0.2, 0) is 0 Å². The van der Waals surface area contributed by atoms with E-state index in [2.05, 4.69) is 62.4 Å². The van der Waals surface area contributed by atoms with Crippen LogP contribution in [0.5, 0.6) is 0 Å². The van der Waals surface area contributed by atoms with Crippen LogP contribution in [0.4, 0.5) is 0 Å². The van der Waals surface area contributed by atoms with Crippen molar-refractivity contribution < 1.29 is 0 Å². The molecule has 0 aliphatic heterocycles. The van der Waals surface area contributed by atoms with E-state index in [0.717, 1.165) is 5.75 Å². The summed E-state index contributed by atoms with van der Waals surface area (Å²) in [6.07, 6.45) is 0. The van der Waals surface area contributed by atoms with E-state index in [9.17, 15) is 0 Å². The van der Waals surface area contributed by atoms with Crippen LogP contribution in [0.2, 0.25) is 0 Å². The average molecular weight is 271 g/mol. The van der Waals surface area contributed by atoms with Gasteiger partial charge in [-0.3, -0.25) is 0 Å². The van der Waals surface area contributed by atoms with E-state index in [0.29, 0.717) is 5.25 Å². The topological polar surface area (TPSA) is 26.0 Å². The molecule has 0 amide bonds. The molecule has 0 spiro atoms. The van der Waals surface area contributed by atoms with Gasteiger partial charge in [0.2, 0.25) is 0 Å². The molecule has 19 heavy (non-hydrogen) atoms. The molecule has 0 bridgehead atoms. The van der Waals surface area contributed by atoms with Crippen molar-refractivity contribution in [1.29, 1.82) is 0 Å². The van der Waals surface area contributed by atoms with Crippen LogP contribution >= 0.6 is 11.8 Å². The number of rotatable bonds is 5. The monoisotopic (exact) mass is 271 g/mol. The van der Waals surface area contributed by atoms with Gasteiger partial charge < -0.3 is 5.73 Å². The molecule has 1 nitrogen and oxygen atoms in total. The molecule has 0 saturated heterocycles.